The SMILES string of the molecule is Cc1nn(C)c(C)c1CCC(=O)N1CCC(c2nc(-c3cccn3C)no2)C1. The van der Waals surface area contributed by atoms with E-state index < -0.39 is 0 Å². The predicted molar refractivity (Wildman–Crippen MR) is 104 cm³/mol. The van der Waals surface area contributed by atoms with Crippen LogP contribution < -0.4 is 0 Å². The Kier molecular flexibility index (Phi) is 4.78. The predicted octanol–water partition coefficient (Wildman–Crippen LogP) is 2.37. The molecule has 1 unspecified atom stereocenters. The van der Waals surface area contributed by atoms with Gasteiger partial charge in [0.05, 0.1) is 17.3 Å². The van der Waals surface area contributed by atoms with Crippen LogP contribution in [0, 0.1) is 13.8 Å². The lowest BCUT2D eigenvalue weighted by Gasteiger charge is -2.15. The Morgan fingerprint density at radius 1 is 1.32 bits per heavy atom. The van der Waals surface area contributed by atoms with Crippen molar-refractivity contribution in [3.8, 4) is 11.5 Å². The number of rotatable bonds is 5. The molecule has 3 aromatic heterocycles. The Bertz CT molecular complexity index is 998. The molecule has 3 aromatic rings. The quantitative estimate of drug-likeness (QED) is 0.677. The summed E-state index contributed by atoms with van der Waals surface area (Å²) in [6.07, 6.45) is 4.03. The number of carbonyl (C=O) groups excluding carboxylic acids is 1. The van der Waals surface area contributed by atoms with Crippen LogP contribution in [0.5, 0.6) is 0 Å². The Balaban J connectivity index is 1.37. The summed E-state index contributed by atoms with van der Waals surface area (Å²) in [6.45, 7) is 5.42. The first-order valence-electron chi connectivity index (χ1n) is 9.66. The zero-order chi connectivity index (χ0) is 19.8. The molecule has 0 saturated carbocycles. The van der Waals surface area contributed by atoms with Crippen LogP contribution in [0.3, 0.4) is 0 Å². The molecule has 148 valence electrons. The van der Waals surface area contributed by atoms with Crippen molar-refractivity contribution in [2.45, 2.75) is 39.0 Å². The zero-order valence-electron chi connectivity index (χ0n) is 16.8. The normalized spacial score (nSPS) is 16.9. The molecule has 1 saturated heterocycles. The second-order valence-electron chi connectivity index (χ2n) is 7.56. The minimum absolute atomic E-state index is 0.104. The van der Waals surface area contributed by atoms with E-state index in [0.717, 1.165) is 36.5 Å². The minimum Gasteiger partial charge on any atom is -0.348 e. The van der Waals surface area contributed by atoms with E-state index in [9.17, 15) is 4.79 Å². The van der Waals surface area contributed by atoms with Crippen LogP contribution in [0.4, 0.5) is 0 Å². The summed E-state index contributed by atoms with van der Waals surface area (Å²) in [6, 6.07) is 3.91. The monoisotopic (exact) mass is 382 g/mol. The van der Waals surface area contributed by atoms with E-state index in [1.165, 1.54) is 5.56 Å². The fourth-order valence-electron chi connectivity index (χ4n) is 3.96. The van der Waals surface area contributed by atoms with E-state index >= 15 is 0 Å². The van der Waals surface area contributed by atoms with Crippen LogP contribution >= 0.6 is 0 Å². The van der Waals surface area contributed by atoms with Gasteiger partial charge in [-0.05, 0) is 44.4 Å². The van der Waals surface area contributed by atoms with Crippen molar-refractivity contribution < 1.29 is 9.32 Å². The second kappa shape index (κ2) is 7.26. The van der Waals surface area contributed by atoms with Gasteiger partial charge in [0.25, 0.3) is 0 Å². The molecule has 8 nitrogen and oxygen atoms in total. The summed E-state index contributed by atoms with van der Waals surface area (Å²) in [7, 11) is 3.89. The van der Waals surface area contributed by atoms with E-state index in [4.69, 9.17) is 4.52 Å². The summed E-state index contributed by atoms with van der Waals surface area (Å²) < 4.78 is 9.33. The third kappa shape index (κ3) is 3.34. The summed E-state index contributed by atoms with van der Waals surface area (Å²) in [5, 5.41) is 8.54. The van der Waals surface area contributed by atoms with Crippen LogP contribution in [-0.4, -0.2) is 48.4 Å². The third-order valence-corrected chi connectivity index (χ3v) is 5.75. The van der Waals surface area contributed by atoms with Crippen LogP contribution in [-0.2, 0) is 25.3 Å². The number of hydrogen-bond acceptors (Lipinski definition) is 5. The molecule has 0 bridgehead atoms. The Morgan fingerprint density at radius 3 is 2.82 bits per heavy atom. The standard InChI is InChI=1S/C20H26N6O2/c1-13-16(14(2)25(4)22-13)7-8-18(27)26-11-9-15(12-26)20-21-19(23-28-20)17-6-5-10-24(17)3/h5-6,10,15H,7-9,11-12H2,1-4H3. The fourth-order valence-corrected chi connectivity index (χ4v) is 3.96. The highest BCUT2D eigenvalue weighted by Gasteiger charge is 2.31. The molecule has 0 spiro atoms. The molecule has 1 aliphatic heterocycles. The topological polar surface area (TPSA) is 82.0 Å². The van der Waals surface area contributed by atoms with Crippen molar-refractivity contribution >= 4 is 5.91 Å². The minimum atomic E-state index is 0.104. The molecule has 4 heterocycles. The molecule has 4 rings (SSSR count). The van der Waals surface area contributed by atoms with Crippen molar-refractivity contribution in [1.82, 2.24) is 29.4 Å². The lowest BCUT2D eigenvalue weighted by molar-refractivity contribution is -0.130. The maximum absolute atomic E-state index is 12.7. The van der Waals surface area contributed by atoms with Gasteiger partial charge >= 0.3 is 0 Å². The van der Waals surface area contributed by atoms with Gasteiger partial charge in [0.2, 0.25) is 17.6 Å². The van der Waals surface area contributed by atoms with E-state index in [-0.39, 0.29) is 11.8 Å². The molecule has 0 aromatic carbocycles. The van der Waals surface area contributed by atoms with Gasteiger partial charge in [0.15, 0.2) is 0 Å². The molecule has 1 aliphatic rings. The number of nitrogens with zero attached hydrogens (tertiary/aromatic N) is 6. The van der Waals surface area contributed by atoms with E-state index in [1.54, 1.807) is 0 Å². The van der Waals surface area contributed by atoms with Crippen molar-refractivity contribution in [2.75, 3.05) is 13.1 Å². The number of aromatic nitrogens is 5. The molecule has 28 heavy (non-hydrogen) atoms. The number of amides is 1. The Morgan fingerprint density at radius 2 is 2.14 bits per heavy atom. The number of carbonyl (C=O) groups is 1. The Labute approximate surface area is 164 Å². The van der Waals surface area contributed by atoms with Crippen molar-refractivity contribution in [1.29, 1.82) is 0 Å². The van der Waals surface area contributed by atoms with Gasteiger partial charge in [-0.2, -0.15) is 10.1 Å². The first-order valence-corrected chi connectivity index (χ1v) is 9.66. The molecular formula is C20H26N6O2. The van der Waals surface area contributed by atoms with E-state index in [2.05, 4.69) is 15.2 Å². The van der Waals surface area contributed by atoms with Crippen molar-refractivity contribution in [3.05, 3.63) is 41.2 Å². The number of hydrogen-bond donors (Lipinski definition) is 0. The Hall–Kier alpha value is -2.90. The van der Waals surface area contributed by atoms with Crippen LogP contribution in [0.15, 0.2) is 22.9 Å². The molecule has 0 aliphatic carbocycles. The molecule has 1 amide bonds. The summed E-state index contributed by atoms with van der Waals surface area (Å²) in [5.41, 5.74) is 4.23. The lowest BCUT2D eigenvalue weighted by atomic mass is 10.1. The van der Waals surface area contributed by atoms with Crippen LogP contribution in [0.25, 0.3) is 11.5 Å². The largest absolute Gasteiger partial charge is 0.348 e. The molecule has 1 atom stereocenters. The van der Waals surface area contributed by atoms with Gasteiger partial charge < -0.3 is 14.0 Å². The maximum atomic E-state index is 12.7. The van der Waals surface area contributed by atoms with Crippen molar-refractivity contribution in [3.63, 3.8) is 0 Å². The maximum Gasteiger partial charge on any atom is 0.231 e. The van der Waals surface area contributed by atoms with Crippen LogP contribution in [0.2, 0.25) is 0 Å². The number of aryl methyl sites for hydroxylation is 3. The molecular weight excluding hydrogens is 356 g/mol. The summed E-state index contributed by atoms with van der Waals surface area (Å²) in [4.78, 5) is 19.2. The summed E-state index contributed by atoms with van der Waals surface area (Å²) in [5.74, 6) is 1.49. The zero-order valence-corrected chi connectivity index (χ0v) is 16.8. The van der Waals surface area contributed by atoms with Crippen LogP contribution in [0.1, 0.15) is 41.6 Å². The molecule has 0 N–H and O–H groups in total. The van der Waals surface area contributed by atoms with Gasteiger partial charge in [-0.1, -0.05) is 5.16 Å². The number of likely N-dealkylation sites (tertiary alicyclic amines) is 1. The fraction of sp³-hybridized carbons (Fsp3) is 0.500. The highest BCUT2D eigenvalue weighted by atomic mass is 16.5. The van der Waals surface area contributed by atoms with Crippen molar-refractivity contribution in [2.24, 2.45) is 14.1 Å². The van der Waals surface area contributed by atoms with Gasteiger partial charge in [-0.3, -0.25) is 9.48 Å². The first kappa shape index (κ1) is 18.5. The average molecular weight is 382 g/mol. The van der Waals surface area contributed by atoms with Gasteiger partial charge in [0.1, 0.15) is 0 Å². The van der Waals surface area contributed by atoms with E-state index in [0.29, 0.717) is 24.7 Å². The highest BCUT2D eigenvalue weighted by Crippen LogP contribution is 2.28. The smallest absolute Gasteiger partial charge is 0.231 e. The van der Waals surface area contributed by atoms with Gasteiger partial charge in [0, 0.05) is 45.5 Å². The summed E-state index contributed by atoms with van der Waals surface area (Å²) >= 11 is 0. The third-order valence-electron chi connectivity index (χ3n) is 5.75. The van der Waals surface area contributed by atoms with Gasteiger partial charge in [-0.25, -0.2) is 0 Å². The molecule has 8 heteroatoms. The highest BCUT2D eigenvalue weighted by molar-refractivity contribution is 5.77. The molecule has 1 fully saturated rings. The molecule has 0 radical (unpaired) electrons. The second-order valence-corrected chi connectivity index (χ2v) is 7.56. The average Bonchev–Trinajstić information content (AvgIpc) is 3.43. The lowest BCUT2D eigenvalue weighted by Crippen LogP contribution is -2.28. The van der Waals surface area contributed by atoms with Gasteiger partial charge in [-0.15, -0.1) is 0 Å². The van der Waals surface area contributed by atoms with E-state index in [1.807, 2.05) is 60.4 Å². The first-order chi connectivity index (χ1) is 13.4.